The van der Waals surface area contributed by atoms with Crippen LogP contribution in [0.2, 0.25) is 0 Å². The molecular weight excluding hydrogens is 278 g/mol. The van der Waals surface area contributed by atoms with Gasteiger partial charge in [0.2, 0.25) is 0 Å². The Kier molecular flexibility index (Phi) is 3.31. The van der Waals surface area contributed by atoms with E-state index < -0.39 is 5.56 Å². The van der Waals surface area contributed by atoms with Gasteiger partial charge in [0, 0.05) is 18.1 Å². The minimum Gasteiger partial charge on any atom is -0.306 e. The predicted octanol–water partition coefficient (Wildman–Crippen LogP) is 2.16. The van der Waals surface area contributed by atoms with Gasteiger partial charge in [-0.2, -0.15) is 5.26 Å². The molecule has 22 heavy (non-hydrogen) atoms. The number of allylic oxidation sites excluding steroid dienone is 1. The summed E-state index contributed by atoms with van der Waals surface area (Å²) in [5.41, 5.74) is 2.63. The van der Waals surface area contributed by atoms with Crippen molar-refractivity contribution < 1.29 is 0 Å². The standard InChI is InChI=1S/C16H13N5O/c1-10(15-19-11(2)13(9-17)16(22)20-15)8-12-4-3-5-14-18-6-7-21(12)14/h3-8H,1-2H3,(H,19,20,22). The molecule has 0 spiro atoms. The molecule has 0 unspecified atom stereocenters. The summed E-state index contributed by atoms with van der Waals surface area (Å²) in [7, 11) is 0. The van der Waals surface area contributed by atoms with E-state index in [-0.39, 0.29) is 5.56 Å². The molecule has 6 nitrogen and oxygen atoms in total. The molecule has 0 saturated carbocycles. The number of nitrogens with zero attached hydrogens (tertiary/aromatic N) is 4. The molecule has 0 aliphatic carbocycles. The van der Waals surface area contributed by atoms with Gasteiger partial charge >= 0.3 is 0 Å². The molecule has 0 fully saturated rings. The van der Waals surface area contributed by atoms with Crippen LogP contribution in [-0.4, -0.2) is 19.4 Å². The van der Waals surface area contributed by atoms with E-state index in [0.29, 0.717) is 11.5 Å². The van der Waals surface area contributed by atoms with Crippen molar-refractivity contribution in [3.05, 3.63) is 63.7 Å². The Morgan fingerprint density at radius 3 is 3.00 bits per heavy atom. The number of rotatable bonds is 2. The molecule has 3 rings (SSSR count). The summed E-state index contributed by atoms with van der Waals surface area (Å²) in [5, 5.41) is 8.92. The summed E-state index contributed by atoms with van der Waals surface area (Å²) in [5.74, 6) is 0.457. The van der Waals surface area contributed by atoms with Crippen molar-refractivity contribution in [2.75, 3.05) is 0 Å². The Labute approximate surface area is 126 Å². The quantitative estimate of drug-likeness (QED) is 0.783. The number of fused-ring (bicyclic) bond motifs is 1. The van der Waals surface area contributed by atoms with Gasteiger partial charge in [-0.3, -0.25) is 4.79 Å². The number of imidazole rings is 1. The molecule has 0 atom stereocenters. The van der Waals surface area contributed by atoms with Crippen molar-refractivity contribution in [2.45, 2.75) is 13.8 Å². The molecule has 0 bridgehead atoms. The van der Waals surface area contributed by atoms with Crippen LogP contribution in [0.4, 0.5) is 0 Å². The second-order valence-corrected chi connectivity index (χ2v) is 4.92. The third-order valence-corrected chi connectivity index (χ3v) is 3.41. The van der Waals surface area contributed by atoms with E-state index in [2.05, 4.69) is 15.0 Å². The highest BCUT2D eigenvalue weighted by Crippen LogP contribution is 2.15. The number of hydrogen-bond donors (Lipinski definition) is 1. The molecule has 1 N–H and O–H groups in total. The number of hydrogen-bond acceptors (Lipinski definition) is 4. The highest BCUT2D eigenvalue weighted by molar-refractivity contribution is 5.76. The van der Waals surface area contributed by atoms with E-state index in [1.165, 1.54) is 0 Å². The number of nitrogens with one attached hydrogen (secondary N) is 1. The fourth-order valence-electron chi connectivity index (χ4n) is 2.28. The fraction of sp³-hybridized carbons (Fsp3) is 0.125. The van der Waals surface area contributed by atoms with Crippen LogP contribution < -0.4 is 5.56 Å². The normalized spacial score (nSPS) is 11.6. The van der Waals surface area contributed by atoms with Crippen molar-refractivity contribution in [3.8, 4) is 6.07 Å². The Bertz CT molecular complexity index is 988. The zero-order chi connectivity index (χ0) is 15.7. The number of pyridine rings is 1. The average Bonchev–Trinajstić information content (AvgIpc) is 2.96. The van der Waals surface area contributed by atoms with Crippen molar-refractivity contribution in [3.63, 3.8) is 0 Å². The Morgan fingerprint density at radius 2 is 2.27 bits per heavy atom. The van der Waals surface area contributed by atoms with Crippen LogP contribution in [0.5, 0.6) is 0 Å². The lowest BCUT2D eigenvalue weighted by molar-refractivity contribution is 1.01. The van der Waals surface area contributed by atoms with Crippen LogP contribution in [-0.2, 0) is 0 Å². The first-order chi connectivity index (χ1) is 10.6. The Hall–Kier alpha value is -3.20. The van der Waals surface area contributed by atoms with Gasteiger partial charge in [-0.15, -0.1) is 0 Å². The van der Waals surface area contributed by atoms with Crippen molar-refractivity contribution >= 4 is 17.3 Å². The lowest BCUT2D eigenvalue weighted by atomic mass is 10.2. The van der Waals surface area contributed by atoms with Crippen molar-refractivity contribution in [1.29, 1.82) is 5.26 Å². The second kappa shape index (κ2) is 5.30. The largest absolute Gasteiger partial charge is 0.306 e. The molecule has 0 radical (unpaired) electrons. The van der Waals surface area contributed by atoms with Crippen LogP contribution in [0.1, 0.15) is 29.7 Å². The molecule has 3 aromatic heterocycles. The summed E-state index contributed by atoms with van der Waals surface area (Å²) in [6.45, 7) is 3.51. The number of aromatic amines is 1. The highest BCUT2D eigenvalue weighted by Gasteiger charge is 2.09. The molecular formula is C16H13N5O. The number of nitriles is 1. The van der Waals surface area contributed by atoms with Gasteiger partial charge in [0.1, 0.15) is 23.1 Å². The van der Waals surface area contributed by atoms with Crippen molar-refractivity contribution in [1.82, 2.24) is 19.4 Å². The summed E-state index contributed by atoms with van der Waals surface area (Å²) in [4.78, 5) is 23.0. The molecule has 0 amide bonds. The van der Waals surface area contributed by atoms with Gasteiger partial charge < -0.3 is 9.38 Å². The van der Waals surface area contributed by atoms with E-state index >= 15 is 0 Å². The lowest BCUT2D eigenvalue weighted by Gasteiger charge is -2.05. The lowest BCUT2D eigenvalue weighted by Crippen LogP contribution is -2.16. The van der Waals surface area contributed by atoms with E-state index in [1.54, 1.807) is 13.1 Å². The maximum absolute atomic E-state index is 11.9. The van der Waals surface area contributed by atoms with Gasteiger partial charge in [-0.1, -0.05) is 6.07 Å². The minimum absolute atomic E-state index is 0.0493. The highest BCUT2D eigenvalue weighted by atomic mass is 16.1. The third kappa shape index (κ3) is 2.29. The van der Waals surface area contributed by atoms with E-state index in [9.17, 15) is 4.79 Å². The number of aryl methyl sites for hydroxylation is 1. The van der Waals surface area contributed by atoms with E-state index in [1.807, 2.05) is 47.9 Å². The van der Waals surface area contributed by atoms with Crippen LogP contribution in [0.3, 0.4) is 0 Å². The van der Waals surface area contributed by atoms with E-state index in [0.717, 1.165) is 16.9 Å². The van der Waals surface area contributed by atoms with Gasteiger partial charge in [0.25, 0.3) is 5.56 Å². The van der Waals surface area contributed by atoms with Crippen LogP contribution in [0, 0.1) is 18.3 Å². The van der Waals surface area contributed by atoms with Gasteiger partial charge in [-0.25, -0.2) is 9.97 Å². The molecule has 0 aliphatic rings. The number of aromatic nitrogens is 4. The molecule has 3 aromatic rings. The fourth-order valence-corrected chi connectivity index (χ4v) is 2.28. The van der Waals surface area contributed by atoms with Gasteiger partial charge in [-0.05, 0) is 37.6 Å². The SMILES string of the molecule is CC(=Cc1cccc2nccn12)c1nc(C)c(C#N)c(=O)[nH]1. The Morgan fingerprint density at radius 1 is 1.45 bits per heavy atom. The minimum atomic E-state index is -0.418. The molecule has 108 valence electrons. The number of H-pyrrole nitrogens is 1. The first-order valence-corrected chi connectivity index (χ1v) is 6.72. The first-order valence-electron chi connectivity index (χ1n) is 6.72. The zero-order valence-electron chi connectivity index (χ0n) is 12.2. The molecule has 0 aromatic carbocycles. The summed E-state index contributed by atoms with van der Waals surface area (Å²) >= 11 is 0. The van der Waals surface area contributed by atoms with Crippen molar-refractivity contribution in [2.24, 2.45) is 0 Å². The summed E-state index contributed by atoms with van der Waals surface area (Å²) < 4.78 is 1.94. The predicted molar refractivity (Wildman–Crippen MR) is 83.0 cm³/mol. The average molecular weight is 291 g/mol. The first kappa shape index (κ1) is 13.8. The topological polar surface area (TPSA) is 86.8 Å². The molecule has 6 heteroatoms. The second-order valence-electron chi connectivity index (χ2n) is 4.92. The smallest absolute Gasteiger partial charge is 0.269 e. The molecule has 0 aliphatic heterocycles. The maximum atomic E-state index is 11.9. The van der Waals surface area contributed by atoms with Crippen LogP contribution in [0.25, 0.3) is 17.3 Å². The maximum Gasteiger partial charge on any atom is 0.269 e. The molecule has 3 heterocycles. The van der Waals surface area contributed by atoms with Crippen LogP contribution >= 0.6 is 0 Å². The monoisotopic (exact) mass is 291 g/mol. The molecule has 0 saturated heterocycles. The van der Waals surface area contributed by atoms with Gasteiger partial charge in [0.05, 0.1) is 5.69 Å². The Balaban J connectivity index is 2.11. The van der Waals surface area contributed by atoms with E-state index in [4.69, 9.17) is 5.26 Å². The van der Waals surface area contributed by atoms with Crippen LogP contribution in [0.15, 0.2) is 35.4 Å². The summed E-state index contributed by atoms with van der Waals surface area (Å²) in [6, 6.07) is 7.65. The third-order valence-electron chi connectivity index (χ3n) is 3.41. The summed E-state index contributed by atoms with van der Waals surface area (Å²) in [6.07, 6.45) is 5.51. The van der Waals surface area contributed by atoms with Gasteiger partial charge in [0.15, 0.2) is 0 Å². The zero-order valence-corrected chi connectivity index (χ0v) is 12.2.